The van der Waals surface area contributed by atoms with Crippen molar-refractivity contribution < 1.29 is 0 Å². The van der Waals surface area contributed by atoms with E-state index in [4.69, 9.17) is 11.6 Å². The molecule has 3 rings (SSSR count). The second-order valence-corrected chi connectivity index (χ2v) is 6.70. The van der Waals surface area contributed by atoms with E-state index in [9.17, 15) is 0 Å². The highest BCUT2D eigenvalue weighted by Gasteiger charge is 2.29. The van der Waals surface area contributed by atoms with Crippen LogP contribution < -0.4 is 0 Å². The summed E-state index contributed by atoms with van der Waals surface area (Å²) in [6.07, 6.45) is 4.45. The van der Waals surface area contributed by atoms with Crippen molar-refractivity contribution in [1.29, 1.82) is 0 Å². The lowest BCUT2D eigenvalue weighted by molar-refractivity contribution is 0.226. The van der Waals surface area contributed by atoms with Crippen LogP contribution in [-0.2, 0) is 12.4 Å². The highest BCUT2D eigenvalue weighted by Crippen LogP contribution is 2.28. The molecule has 0 aliphatic heterocycles. The Hall–Kier alpha value is -0.650. The molecule has 6 heteroatoms. The third kappa shape index (κ3) is 2.71. The Labute approximate surface area is 132 Å². The van der Waals surface area contributed by atoms with Crippen molar-refractivity contribution in [3.05, 3.63) is 22.6 Å². The summed E-state index contributed by atoms with van der Waals surface area (Å²) in [5.74, 6) is 1.30. The lowest BCUT2D eigenvalue weighted by Crippen LogP contribution is -2.34. The van der Waals surface area contributed by atoms with Gasteiger partial charge in [0.1, 0.15) is 11.3 Å². The standard InChI is InChI=1S/C14H18BrClN4/c1-9(19(2)11-3-4-11)8-20-13(6-16)18-12-5-10(15)7-17-14(12)20/h5,7,9,11H,3-4,6,8H2,1-2H3. The normalized spacial score (nSPS) is 17.1. The number of aromatic nitrogens is 3. The predicted octanol–water partition coefficient (Wildman–Crippen LogP) is 3.42. The number of imidazole rings is 1. The molecule has 0 bridgehead atoms. The summed E-state index contributed by atoms with van der Waals surface area (Å²) in [5, 5.41) is 0. The zero-order valence-corrected chi connectivity index (χ0v) is 14.0. The lowest BCUT2D eigenvalue weighted by atomic mass is 10.3. The molecule has 0 saturated heterocycles. The molecule has 0 N–H and O–H groups in total. The van der Waals surface area contributed by atoms with Gasteiger partial charge in [-0.05, 0) is 48.8 Å². The minimum atomic E-state index is 0.411. The van der Waals surface area contributed by atoms with E-state index in [1.54, 1.807) is 0 Å². The van der Waals surface area contributed by atoms with Crippen molar-refractivity contribution in [2.24, 2.45) is 0 Å². The second kappa shape index (κ2) is 5.62. The smallest absolute Gasteiger partial charge is 0.160 e. The summed E-state index contributed by atoms with van der Waals surface area (Å²) in [6, 6.07) is 3.19. The van der Waals surface area contributed by atoms with E-state index in [0.29, 0.717) is 11.9 Å². The van der Waals surface area contributed by atoms with Gasteiger partial charge in [-0.15, -0.1) is 11.6 Å². The first-order valence-electron chi connectivity index (χ1n) is 6.88. The van der Waals surface area contributed by atoms with Crippen LogP contribution in [0.4, 0.5) is 0 Å². The molecule has 2 aromatic heterocycles. The lowest BCUT2D eigenvalue weighted by Gasteiger charge is -2.25. The van der Waals surface area contributed by atoms with Crippen LogP contribution in [0.25, 0.3) is 11.2 Å². The van der Waals surface area contributed by atoms with Crippen molar-refractivity contribution in [2.45, 2.75) is 44.3 Å². The van der Waals surface area contributed by atoms with E-state index < -0.39 is 0 Å². The first-order chi connectivity index (χ1) is 9.60. The fourth-order valence-electron chi connectivity index (χ4n) is 2.56. The maximum Gasteiger partial charge on any atom is 0.160 e. The monoisotopic (exact) mass is 356 g/mol. The van der Waals surface area contributed by atoms with Gasteiger partial charge < -0.3 is 4.57 Å². The average molecular weight is 358 g/mol. The number of pyridine rings is 1. The van der Waals surface area contributed by atoms with Gasteiger partial charge in [-0.3, -0.25) is 4.90 Å². The van der Waals surface area contributed by atoms with Gasteiger partial charge in [0, 0.05) is 29.3 Å². The van der Waals surface area contributed by atoms with Gasteiger partial charge in [0.15, 0.2) is 5.65 Å². The maximum absolute atomic E-state index is 6.04. The number of hydrogen-bond donors (Lipinski definition) is 0. The van der Waals surface area contributed by atoms with Crippen molar-refractivity contribution in [1.82, 2.24) is 19.4 Å². The van der Waals surface area contributed by atoms with Crippen molar-refractivity contribution >= 4 is 38.7 Å². The van der Waals surface area contributed by atoms with E-state index in [0.717, 1.165) is 34.0 Å². The molecule has 0 spiro atoms. The van der Waals surface area contributed by atoms with Crippen LogP contribution in [0.15, 0.2) is 16.7 Å². The molecule has 1 aliphatic carbocycles. The van der Waals surface area contributed by atoms with Crippen molar-refractivity contribution in [3.63, 3.8) is 0 Å². The number of fused-ring (bicyclic) bond motifs is 1. The van der Waals surface area contributed by atoms with Gasteiger partial charge in [0.2, 0.25) is 0 Å². The second-order valence-electron chi connectivity index (χ2n) is 5.51. The SMILES string of the molecule is CC(Cn1c(CCl)nc2cc(Br)cnc21)N(C)C1CC1. The zero-order chi connectivity index (χ0) is 14.3. The molecule has 108 valence electrons. The fourth-order valence-corrected chi connectivity index (χ4v) is 3.09. The predicted molar refractivity (Wildman–Crippen MR) is 85.0 cm³/mol. The number of halogens is 2. The molecule has 2 aromatic rings. The first kappa shape index (κ1) is 14.3. The molecule has 1 saturated carbocycles. The molecule has 0 amide bonds. The molecular formula is C14H18BrClN4. The molecule has 1 unspecified atom stereocenters. The Kier molecular flexibility index (Phi) is 4.02. The largest absolute Gasteiger partial charge is 0.310 e. The molecule has 1 fully saturated rings. The Morgan fingerprint density at radius 1 is 1.55 bits per heavy atom. The molecule has 1 aliphatic rings. The van der Waals surface area contributed by atoms with Gasteiger partial charge in [0.05, 0.1) is 5.88 Å². The van der Waals surface area contributed by atoms with E-state index >= 15 is 0 Å². The summed E-state index contributed by atoms with van der Waals surface area (Å²) in [5.41, 5.74) is 1.82. The summed E-state index contributed by atoms with van der Waals surface area (Å²) in [6.45, 7) is 3.13. The molecule has 4 nitrogen and oxygen atoms in total. The summed E-state index contributed by atoms with van der Waals surface area (Å²) >= 11 is 9.48. The van der Waals surface area contributed by atoms with E-state index in [2.05, 4.69) is 49.3 Å². The van der Waals surface area contributed by atoms with Crippen molar-refractivity contribution in [3.8, 4) is 0 Å². The van der Waals surface area contributed by atoms with Gasteiger partial charge in [-0.1, -0.05) is 0 Å². The molecule has 2 heterocycles. The molecule has 0 aromatic carbocycles. The van der Waals surface area contributed by atoms with Crippen LogP contribution in [0, 0.1) is 0 Å². The Morgan fingerprint density at radius 3 is 2.95 bits per heavy atom. The Morgan fingerprint density at radius 2 is 2.30 bits per heavy atom. The third-order valence-electron chi connectivity index (χ3n) is 4.02. The van der Waals surface area contributed by atoms with E-state index in [1.807, 2.05) is 12.3 Å². The number of rotatable bonds is 5. The van der Waals surface area contributed by atoms with Crippen LogP contribution in [0.5, 0.6) is 0 Å². The average Bonchev–Trinajstić information content (AvgIpc) is 3.22. The Balaban J connectivity index is 1.92. The van der Waals surface area contributed by atoms with Gasteiger partial charge in [-0.25, -0.2) is 9.97 Å². The minimum absolute atomic E-state index is 0.411. The molecule has 0 radical (unpaired) electrons. The summed E-state index contributed by atoms with van der Waals surface area (Å²) < 4.78 is 3.09. The number of nitrogens with zero attached hydrogens (tertiary/aromatic N) is 4. The highest BCUT2D eigenvalue weighted by atomic mass is 79.9. The summed E-state index contributed by atoms with van der Waals surface area (Å²) in [7, 11) is 2.20. The Bertz CT molecular complexity index is 623. The van der Waals surface area contributed by atoms with E-state index in [1.165, 1.54) is 12.8 Å². The van der Waals surface area contributed by atoms with Crippen LogP contribution in [0.2, 0.25) is 0 Å². The van der Waals surface area contributed by atoms with Gasteiger partial charge in [-0.2, -0.15) is 0 Å². The number of hydrogen-bond acceptors (Lipinski definition) is 3. The fraction of sp³-hybridized carbons (Fsp3) is 0.571. The topological polar surface area (TPSA) is 34.0 Å². The number of alkyl halides is 1. The quantitative estimate of drug-likeness (QED) is 0.769. The van der Waals surface area contributed by atoms with Gasteiger partial charge >= 0.3 is 0 Å². The molecule has 1 atom stereocenters. The molecular weight excluding hydrogens is 340 g/mol. The minimum Gasteiger partial charge on any atom is -0.310 e. The van der Waals surface area contributed by atoms with Gasteiger partial charge in [0.25, 0.3) is 0 Å². The molecule has 20 heavy (non-hydrogen) atoms. The van der Waals surface area contributed by atoms with Crippen molar-refractivity contribution in [2.75, 3.05) is 7.05 Å². The first-order valence-corrected chi connectivity index (χ1v) is 8.21. The number of likely N-dealkylation sites (N-methyl/N-ethyl adjacent to an activating group) is 1. The van der Waals surface area contributed by atoms with Crippen LogP contribution in [0.1, 0.15) is 25.6 Å². The zero-order valence-electron chi connectivity index (χ0n) is 11.7. The van der Waals surface area contributed by atoms with Crippen LogP contribution in [-0.4, -0.2) is 38.6 Å². The highest BCUT2D eigenvalue weighted by molar-refractivity contribution is 9.10. The van der Waals surface area contributed by atoms with E-state index in [-0.39, 0.29) is 0 Å². The van der Waals surface area contributed by atoms with Crippen LogP contribution >= 0.6 is 27.5 Å². The maximum atomic E-state index is 6.04. The van der Waals surface area contributed by atoms with Crippen LogP contribution in [0.3, 0.4) is 0 Å². The third-order valence-corrected chi connectivity index (χ3v) is 4.69. The summed E-state index contributed by atoms with van der Waals surface area (Å²) in [4.78, 5) is 11.5.